The van der Waals surface area contributed by atoms with Crippen LogP contribution in [0.2, 0.25) is 0 Å². The molecule has 1 aromatic carbocycles. The summed E-state index contributed by atoms with van der Waals surface area (Å²) in [6.07, 6.45) is 1.11. The number of morpholine rings is 1. The quantitative estimate of drug-likeness (QED) is 0.771. The van der Waals surface area contributed by atoms with Crippen LogP contribution >= 0.6 is 0 Å². The highest BCUT2D eigenvalue weighted by molar-refractivity contribution is 5.25. The van der Waals surface area contributed by atoms with E-state index in [1.54, 1.807) is 0 Å². The van der Waals surface area contributed by atoms with Crippen molar-refractivity contribution >= 4 is 0 Å². The van der Waals surface area contributed by atoms with Crippen molar-refractivity contribution in [3.05, 3.63) is 35.4 Å². The molecule has 0 aliphatic carbocycles. The van der Waals surface area contributed by atoms with Crippen molar-refractivity contribution < 1.29 is 4.74 Å². The summed E-state index contributed by atoms with van der Waals surface area (Å²) in [4.78, 5) is 0. The predicted molar refractivity (Wildman–Crippen MR) is 57.4 cm³/mol. The molecule has 0 unspecified atom stereocenters. The molecule has 0 radical (unpaired) electrons. The second-order valence-corrected chi connectivity index (χ2v) is 3.68. The number of ether oxygens (including phenoxy) is 1. The molecule has 1 saturated heterocycles. The molecule has 0 aromatic heterocycles. The van der Waals surface area contributed by atoms with Crippen molar-refractivity contribution in [2.45, 2.75) is 19.4 Å². The second kappa shape index (κ2) is 4.58. The van der Waals surface area contributed by atoms with Crippen LogP contribution in [-0.4, -0.2) is 19.8 Å². The number of hydrogen-bond donors (Lipinski definition) is 1. The zero-order chi connectivity index (χ0) is 9.80. The van der Waals surface area contributed by atoms with Crippen LogP contribution in [0.25, 0.3) is 0 Å². The van der Waals surface area contributed by atoms with Gasteiger partial charge >= 0.3 is 0 Å². The van der Waals surface area contributed by atoms with Gasteiger partial charge in [0.05, 0.1) is 19.3 Å². The Kier molecular flexibility index (Phi) is 3.17. The van der Waals surface area contributed by atoms with Crippen LogP contribution in [0.1, 0.15) is 24.1 Å². The van der Waals surface area contributed by atoms with E-state index in [0.29, 0.717) is 6.04 Å². The summed E-state index contributed by atoms with van der Waals surface area (Å²) in [5, 5.41) is 3.45. The van der Waals surface area contributed by atoms with Crippen LogP contribution in [0.3, 0.4) is 0 Å². The Morgan fingerprint density at radius 2 is 2.14 bits per heavy atom. The molecule has 1 aliphatic heterocycles. The maximum atomic E-state index is 5.43. The molecule has 1 atom stereocenters. The summed E-state index contributed by atoms with van der Waals surface area (Å²) < 4.78 is 5.43. The van der Waals surface area contributed by atoms with E-state index in [1.807, 2.05) is 0 Å². The topological polar surface area (TPSA) is 21.3 Å². The summed E-state index contributed by atoms with van der Waals surface area (Å²) in [7, 11) is 0. The molecule has 1 aromatic rings. The van der Waals surface area contributed by atoms with Gasteiger partial charge in [0.15, 0.2) is 0 Å². The summed E-state index contributed by atoms with van der Waals surface area (Å²) in [5.41, 5.74) is 2.73. The van der Waals surface area contributed by atoms with Crippen molar-refractivity contribution in [1.82, 2.24) is 5.32 Å². The van der Waals surface area contributed by atoms with Crippen molar-refractivity contribution in [2.24, 2.45) is 0 Å². The highest BCUT2D eigenvalue weighted by Gasteiger charge is 2.14. The Balaban J connectivity index is 2.07. The van der Waals surface area contributed by atoms with Gasteiger partial charge in [-0.2, -0.15) is 0 Å². The van der Waals surface area contributed by atoms with Gasteiger partial charge in [-0.3, -0.25) is 0 Å². The van der Waals surface area contributed by atoms with Crippen LogP contribution in [0.5, 0.6) is 0 Å². The monoisotopic (exact) mass is 191 g/mol. The largest absolute Gasteiger partial charge is 0.378 e. The third-order valence-electron chi connectivity index (χ3n) is 2.71. The molecule has 76 valence electrons. The number of nitrogens with one attached hydrogen (secondary N) is 1. The fraction of sp³-hybridized carbons (Fsp3) is 0.500. The highest BCUT2D eigenvalue weighted by Crippen LogP contribution is 2.16. The van der Waals surface area contributed by atoms with Crippen LogP contribution in [-0.2, 0) is 11.2 Å². The van der Waals surface area contributed by atoms with E-state index >= 15 is 0 Å². The van der Waals surface area contributed by atoms with Crippen LogP contribution in [0, 0.1) is 0 Å². The molecule has 14 heavy (non-hydrogen) atoms. The lowest BCUT2D eigenvalue weighted by Gasteiger charge is -2.24. The molecule has 1 N–H and O–H groups in total. The zero-order valence-corrected chi connectivity index (χ0v) is 8.62. The maximum absolute atomic E-state index is 5.43. The van der Waals surface area contributed by atoms with E-state index in [9.17, 15) is 0 Å². The molecule has 1 aliphatic rings. The summed E-state index contributed by atoms with van der Waals surface area (Å²) in [6.45, 7) is 4.77. The van der Waals surface area contributed by atoms with E-state index < -0.39 is 0 Å². The first kappa shape index (κ1) is 9.69. The average Bonchev–Trinajstić information content (AvgIpc) is 2.30. The maximum Gasteiger partial charge on any atom is 0.0662 e. The first-order valence-electron chi connectivity index (χ1n) is 5.30. The normalized spacial score (nSPS) is 22.2. The van der Waals surface area contributed by atoms with E-state index in [4.69, 9.17) is 4.74 Å². The third-order valence-corrected chi connectivity index (χ3v) is 2.71. The number of aryl methyl sites for hydroxylation is 1. The third kappa shape index (κ3) is 2.14. The first-order valence-corrected chi connectivity index (χ1v) is 5.30. The van der Waals surface area contributed by atoms with Gasteiger partial charge in [0, 0.05) is 6.54 Å². The minimum absolute atomic E-state index is 0.384. The van der Waals surface area contributed by atoms with Crippen molar-refractivity contribution in [2.75, 3.05) is 19.8 Å². The Bertz CT molecular complexity index is 275. The van der Waals surface area contributed by atoms with Gasteiger partial charge in [-0.25, -0.2) is 0 Å². The molecule has 0 spiro atoms. The van der Waals surface area contributed by atoms with Gasteiger partial charge in [0.2, 0.25) is 0 Å². The van der Waals surface area contributed by atoms with E-state index in [2.05, 4.69) is 36.5 Å². The fourth-order valence-corrected chi connectivity index (χ4v) is 1.77. The van der Waals surface area contributed by atoms with Crippen LogP contribution in [0.15, 0.2) is 24.3 Å². The minimum atomic E-state index is 0.384. The predicted octanol–water partition coefficient (Wildman–Crippen LogP) is 1.91. The lowest BCUT2D eigenvalue weighted by Crippen LogP contribution is -2.34. The smallest absolute Gasteiger partial charge is 0.0662 e. The van der Waals surface area contributed by atoms with Gasteiger partial charge in [0.25, 0.3) is 0 Å². The lowest BCUT2D eigenvalue weighted by atomic mass is 10.0. The first-order chi connectivity index (χ1) is 6.90. The number of rotatable bonds is 2. The van der Waals surface area contributed by atoms with Crippen molar-refractivity contribution in [3.63, 3.8) is 0 Å². The van der Waals surface area contributed by atoms with E-state index in [1.165, 1.54) is 11.1 Å². The van der Waals surface area contributed by atoms with Crippen LogP contribution in [0.4, 0.5) is 0 Å². The molecular weight excluding hydrogens is 174 g/mol. The average molecular weight is 191 g/mol. The summed E-state index contributed by atoms with van der Waals surface area (Å²) >= 11 is 0. The minimum Gasteiger partial charge on any atom is -0.378 e. The van der Waals surface area contributed by atoms with E-state index in [-0.39, 0.29) is 0 Å². The van der Waals surface area contributed by atoms with Crippen molar-refractivity contribution in [1.29, 1.82) is 0 Å². The van der Waals surface area contributed by atoms with Crippen molar-refractivity contribution in [3.8, 4) is 0 Å². The second-order valence-electron chi connectivity index (χ2n) is 3.68. The molecule has 1 heterocycles. The standard InChI is InChI=1S/C12H17NO/c1-2-10-3-5-11(6-4-10)12-9-14-8-7-13-12/h3-6,12-13H,2,7-9H2,1H3/t12-/m0/s1. The SMILES string of the molecule is CCc1ccc([C@@H]2COCCN2)cc1. The molecule has 2 nitrogen and oxygen atoms in total. The molecule has 2 rings (SSSR count). The Morgan fingerprint density at radius 3 is 2.71 bits per heavy atom. The highest BCUT2D eigenvalue weighted by atomic mass is 16.5. The van der Waals surface area contributed by atoms with Gasteiger partial charge < -0.3 is 10.1 Å². The zero-order valence-electron chi connectivity index (χ0n) is 8.62. The lowest BCUT2D eigenvalue weighted by molar-refractivity contribution is 0.0769. The Hall–Kier alpha value is -0.860. The Labute approximate surface area is 85.3 Å². The molecule has 0 bridgehead atoms. The molecule has 0 amide bonds. The molecule has 0 saturated carbocycles. The number of hydrogen-bond acceptors (Lipinski definition) is 2. The van der Waals surface area contributed by atoms with Gasteiger partial charge in [-0.05, 0) is 17.5 Å². The molecule has 2 heteroatoms. The summed E-state index contributed by atoms with van der Waals surface area (Å²) in [6, 6.07) is 9.18. The number of benzene rings is 1. The van der Waals surface area contributed by atoms with Gasteiger partial charge in [-0.15, -0.1) is 0 Å². The van der Waals surface area contributed by atoms with Gasteiger partial charge in [-0.1, -0.05) is 31.2 Å². The molecule has 1 fully saturated rings. The summed E-state index contributed by atoms with van der Waals surface area (Å²) in [5.74, 6) is 0. The fourth-order valence-electron chi connectivity index (χ4n) is 1.77. The van der Waals surface area contributed by atoms with E-state index in [0.717, 1.165) is 26.2 Å². The Morgan fingerprint density at radius 1 is 1.36 bits per heavy atom. The van der Waals surface area contributed by atoms with Crippen LogP contribution < -0.4 is 5.32 Å². The molecular formula is C12H17NO. The van der Waals surface area contributed by atoms with Gasteiger partial charge in [0.1, 0.15) is 0 Å².